The van der Waals surface area contributed by atoms with Gasteiger partial charge in [0, 0.05) is 6.92 Å². The van der Waals surface area contributed by atoms with Crippen LogP contribution in [0.1, 0.15) is 20.8 Å². The van der Waals surface area contributed by atoms with E-state index in [1.807, 2.05) is 0 Å². The molecule has 35 heavy (non-hydrogen) atoms. The van der Waals surface area contributed by atoms with Crippen LogP contribution in [-0.4, -0.2) is 145 Å². The predicted molar refractivity (Wildman–Crippen MR) is 110 cm³/mol. The predicted octanol–water partition coefficient (Wildman–Crippen LogP) is -5.37. The first kappa shape index (κ1) is 28.5. The number of rotatable bonds is 6. The van der Waals surface area contributed by atoms with Crippen LogP contribution >= 0.6 is 0 Å². The monoisotopic (exact) mass is 513 g/mol. The zero-order valence-corrected chi connectivity index (χ0v) is 19.4. The summed E-state index contributed by atoms with van der Waals surface area (Å²) in [5, 5.41) is 83.7. The lowest BCUT2D eigenvalue weighted by Crippen LogP contribution is -2.68. The molecule has 204 valence electrons. The number of carbonyl (C=O) groups excluding carboxylic acids is 1. The van der Waals surface area contributed by atoms with Gasteiger partial charge in [0.05, 0.1) is 18.8 Å². The summed E-state index contributed by atoms with van der Waals surface area (Å²) >= 11 is 0. The van der Waals surface area contributed by atoms with Gasteiger partial charge < -0.3 is 69.9 Å². The van der Waals surface area contributed by atoms with Crippen LogP contribution in [0.25, 0.3) is 0 Å². The standard InChI is InChI=1S/C20H35NO14/c1-5-10(24)13(27)17(20(32-5)34-16-6(2)31-18(30)15(29)14(16)28)35-19-9(21-7(3)23)12(26)11(25)8(4-22)33-19/h5-6,8-20,22,24-30H,4H2,1-3H3,(H,21,23)/t5-,6-,8+,9+,10-,11+,12+,13+,14-,15+,16-,17+,18?,19-,20-/m0/s1. The molecule has 15 nitrogen and oxygen atoms in total. The van der Waals surface area contributed by atoms with Gasteiger partial charge in [-0.1, -0.05) is 0 Å². The van der Waals surface area contributed by atoms with Crippen molar-refractivity contribution in [2.45, 2.75) is 113 Å². The molecule has 3 rings (SSSR count). The number of nitrogens with one attached hydrogen (secondary N) is 1. The number of hydrogen-bond donors (Lipinski definition) is 9. The molecule has 3 aliphatic rings. The fraction of sp³-hybridized carbons (Fsp3) is 0.950. The Hall–Kier alpha value is -1.05. The van der Waals surface area contributed by atoms with Crippen LogP contribution in [0.5, 0.6) is 0 Å². The molecule has 1 unspecified atom stereocenters. The molecule has 15 heteroatoms. The van der Waals surface area contributed by atoms with E-state index in [0.29, 0.717) is 0 Å². The summed E-state index contributed by atoms with van der Waals surface area (Å²) in [5.74, 6) is -0.605. The van der Waals surface area contributed by atoms with Gasteiger partial charge in [-0.15, -0.1) is 0 Å². The lowest BCUT2D eigenvalue weighted by molar-refractivity contribution is -0.375. The van der Waals surface area contributed by atoms with Crippen molar-refractivity contribution in [1.82, 2.24) is 5.32 Å². The van der Waals surface area contributed by atoms with Crippen molar-refractivity contribution in [2.75, 3.05) is 6.61 Å². The first-order valence-corrected chi connectivity index (χ1v) is 11.3. The number of hydrogen-bond acceptors (Lipinski definition) is 14. The Balaban J connectivity index is 1.86. The van der Waals surface area contributed by atoms with Crippen LogP contribution in [0, 0.1) is 0 Å². The molecule has 0 saturated carbocycles. The molecule has 3 saturated heterocycles. The van der Waals surface area contributed by atoms with E-state index in [1.54, 1.807) is 0 Å². The van der Waals surface area contributed by atoms with Crippen LogP contribution in [0.4, 0.5) is 0 Å². The number of ether oxygens (including phenoxy) is 5. The first-order chi connectivity index (χ1) is 16.4. The Morgan fingerprint density at radius 2 is 1.34 bits per heavy atom. The quantitative estimate of drug-likeness (QED) is 0.161. The molecule has 3 aliphatic heterocycles. The van der Waals surface area contributed by atoms with Crippen molar-refractivity contribution in [2.24, 2.45) is 0 Å². The minimum absolute atomic E-state index is 0.605. The normalized spacial score (nSPS) is 51.1. The van der Waals surface area contributed by atoms with Crippen molar-refractivity contribution < 1.29 is 69.3 Å². The van der Waals surface area contributed by atoms with Crippen LogP contribution in [0.2, 0.25) is 0 Å². The zero-order chi connectivity index (χ0) is 26.2. The molecule has 1 amide bonds. The van der Waals surface area contributed by atoms with E-state index in [4.69, 9.17) is 23.7 Å². The highest BCUT2D eigenvalue weighted by Crippen LogP contribution is 2.32. The van der Waals surface area contributed by atoms with E-state index in [2.05, 4.69) is 5.32 Å². The van der Waals surface area contributed by atoms with Gasteiger partial charge in [-0.3, -0.25) is 4.79 Å². The van der Waals surface area contributed by atoms with Gasteiger partial charge in [0.1, 0.15) is 61.0 Å². The van der Waals surface area contributed by atoms with Crippen molar-refractivity contribution in [3.63, 3.8) is 0 Å². The lowest BCUT2D eigenvalue weighted by atomic mass is 9.95. The fourth-order valence-corrected chi connectivity index (χ4v) is 4.36. The van der Waals surface area contributed by atoms with E-state index >= 15 is 0 Å². The van der Waals surface area contributed by atoms with Gasteiger partial charge in [-0.25, -0.2) is 0 Å². The maximum absolute atomic E-state index is 11.7. The van der Waals surface area contributed by atoms with Crippen LogP contribution in [-0.2, 0) is 28.5 Å². The summed E-state index contributed by atoms with van der Waals surface area (Å²) in [4.78, 5) is 11.7. The Morgan fingerprint density at radius 1 is 0.743 bits per heavy atom. The average molecular weight is 513 g/mol. The molecule has 0 aromatic rings. The third kappa shape index (κ3) is 5.93. The second kappa shape index (κ2) is 11.6. The van der Waals surface area contributed by atoms with Gasteiger partial charge in [0.2, 0.25) is 5.91 Å². The summed E-state index contributed by atoms with van der Waals surface area (Å²) in [7, 11) is 0. The maximum Gasteiger partial charge on any atom is 0.217 e. The highest BCUT2D eigenvalue weighted by molar-refractivity contribution is 5.73. The second-order valence-corrected chi connectivity index (χ2v) is 9.04. The smallest absolute Gasteiger partial charge is 0.217 e. The Morgan fingerprint density at radius 3 is 1.94 bits per heavy atom. The minimum Gasteiger partial charge on any atom is -0.394 e. The summed E-state index contributed by atoms with van der Waals surface area (Å²) in [6, 6.07) is -1.35. The SMILES string of the molecule is CC(=O)N[C@H]1[C@H](O[C@H]2[C@H](O[C@@H]3[C@@H](O)[C@@H](O)C(O)O[C@H]3C)O[C@@H](C)[C@H](O)[C@H]2O)O[C@H](CO)[C@@H](O)[C@@H]1O. The number of aliphatic hydroxyl groups is 8. The summed E-state index contributed by atoms with van der Waals surface area (Å²) in [6.45, 7) is 3.33. The van der Waals surface area contributed by atoms with Crippen LogP contribution in [0.3, 0.4) is 0 Å². The molecule has 0 aliphatic carbocycles. The summed E-state index contributed by atoms with van der Waals surface area (Å²) in [6.07, 6.45) is -20.4. The van der Waals surface area contributed by atoms with Gasteiger partial charge in [-0.2, -0.15) is 0 Å². The molecular formula is C20H35NO14. The van der Waals surface area contributed by atoms with Crippen molar-refractivity contribution in [3.05, 3.63) is 0 Å². The second-order valence-electron chi connectivity index (χ2n) is 9.04. The molecule has 3 fully saturated rings. The molecule has 9 N–H and O–H groups in total. The molecule has 0 bridgehead atoms. The van der Waals surface area contributed by atoms with Crippen LogP contribution < -0.4 is 5.32 Å². The van der Waals surface area contributed by atoms with Crippen LogP contribution in [0.15, 0.2) is 0 Å². The summed E-state index contributed by atoms with van der Waals surface area (Å²) in [5.41, 5.74) is 0. The number of carbonyl (C=O) groups is 1. The van der Waals surface area contributed by atoms with Gasteiger partial charge in [0.15, 0.2) is 18.9 Å². The van der Waals surface area contributed by atoms with Crippen molar-refractivity contribution in [3.8, 4) is 0 Å². The molecule has 0 aromatic carbocycles. The third-order valence-electron chi connectivity index (χ3n) is 6.41. The first-order valence-electron chi connectivity index (χ1n) is 11.3. The van der Waals surface area contributed by atoms with Crippen molar-refractivity contribution in [1.29, 1.82) is 0 Å². The van der Waals surface area contributed by atoms with Crippen molar-refractivity contribution >= 4 is 5.91 Å². The topological polar surface area (TPSA) is 237 Å². The van der Waals surface area contributed by atoms with E-state index in [0.717, 1.165) is 6.92 Å². The van der Waals surface area contributed by atoms with Gasteiger partial charge in [-0.05, 0) is 13.8 Å². The van der Waals surface area contributed by atoms with E-state index in [9.17, 15) is 45.6 Å². The molecule has 0 aromatic heterocycles. The largest absolute Gasteiger partial charge is 0.394 e. The minimum atomic E-state index is -1.71. The molecular weight excluding hydrogens is 478 g/mol. The number of aliphatic hydroxyl groups excluding tert-OH is 8. The Bertz CT molecular complexity index is 715. The highest BCUT2D eigenvalue weighted by atomic mass is 16.8. The third-order valence-corrected chi connectivity index (χ3v) is 6.41. The maximum atomic E-state index is 11.7. The molecule has 3 heterocycles. The van der Waals surface area contributed by atoms with Gasteiger partial charge >= 0.3 is 0 Å². The molecule has 0 radical (unpaired) electrons. The zero-order valence-electron chi connectivity index (χ0n) is 19.4. The van der Waals surface area contributed by atoms with E-state index < -0.39 is 105 Å². The molecule has 0 spiro atoms. The average Bonchev–Trinajstić information content (AvgIpc) is 2.80. The highest BCUT2D eigenvalue weighted by Gasteiger charge is 2.53. The van der Waals surface area contributed by atoms with E-state index in [-0.39, 0.29) is 0 Å². The molecule has 15 atom stereocenters. The Labute approximate surface area is 200 Å². The summed E-state index contributed by atoms with van der Waals surface area (Å²) < 4.78 is 27.8. The van der Waals surface area contributed by atoms with E-state index in [1.165, 1.54) is 13.8 Å². The fourth-order valence-electron chi connectivity index (χ4n) is 4.36. The van der Waals surface area contributed by atoms with Gasteiger partial charge in [0.25, 0.3) is 0 Å². The Kier molecular flexibility index (Phi) is 9.42. The number of amides is 1. The lowest BCUT2D eigenvalue weighted by Gasteiger charge is -2.48.